The highest BCUT2D eigenvalue weighted by Gasteiger charge is 2.28. The zero-order valence-corrected chi connectivity index (χ0v) is 11.5. The molecule has 1 unspecified atom stereocenters. The van der Waals surface area contributed by atoms with Gasteiger partial charge in [0.1, 0.15) is 11.6 Å². The second-order valence-electron chi connectivity index (χ2n) is 4.69. The first kappa shape index (κ1) is 11.9. The zero-order valence-electron chi connectivity index (χ0n) is 9.91. The van der Waals surface area contributed by atoms with Crippen molar-refractivity contribution in [3.8, 4) is 0 Å². The van der Waals surface area contributed by atoms with Gasteiger partial charge in [0.05, 0.1) is 6.04 Å². The summed E-state index contributed by atoms with van der Waals surface area (Å²) in [6.07, 6.45) is 0.874. The molecule has 2 atom stereocenters. The van der Waals surface area contributed by atoms with E-state index in [9.17, 15) is 4.39 Å². The molecule has 94 valence electrons. The Morgan fingerprint density at radius 3 is 2.78 bits per heavy atom. The lowest BCUT2D eigenvalue weighted by atomic mass is 9.92. The summed E-state index contributed by atoms with van der Waals surface area (Å²) in [7, 11) is 0. The lowest BCUT2D eigenvalue weighted by Gasteiger charge is -2.28. The zero-order chi connectivity index (χ0) is 12.7. The fourth-order valence-electron chi connectivity index (χ4n) is 2.46. The van der Waals surface area contributed by atoms with Gasteiger partial charge in [-0.3, -0.25) is 0 Å². The molecule has 1 aliphatic rings. The average Bonchev–Trinajstić information content (AvgIpc) is 2.69. The predicted octanol–water partition coefficient (Wildman–Crippen LogP) is 3.80. The van der Waals surface area contributed by atoms with Gasteiger partial charge >= 0.3 is 0 Å². The molecule has 2 heterocycles. The van der Waals surface area contributed by atoms with Crippen LogP contribution in [0.5, 0.6) is 0 Å². The molecule has 0 amide bonds. The summed E-state index contributed by atoms with van der Waals surface area (Å²) in [5, 5.41) is 3.52. The highest BCUT2D eigenvalue weighted by Crippen LogP contribution is 2.34. The Labute approximate surface area is 113 Å². The van der Waals surface area contributed by atoms with Crippen molar-refractivity contribution in [2.24, 2.45) is 0 Å². The summed E-state index contributed by atoms with van der Waals surface area (Å²) in [6.45, 7) is 2.12. The number of hydrogen-bond acceptors (Lipinski definition) is 2. The third kappa shape index (κ3) is 2.10. The molecule has 0 saturated carbocycles. The Kier molecular flexibility index (Phi) is 2.99. The van der Waals surface area contributed by atoms with E-state index < -0.39 is 0 Å². The summed E-state index contributed by atoms with van der Waals surface area (Å²) in [5.74, 6) is 0.790. The summed E-state index contributed by atoms with van der Waals surface area (Å²) in [5.41, 5.74) is 2.18. The monoisotopic (exact) mass is 309 g/mol. The minimum absolute atomic E-state index is 0.0689. The molecular weight excluding hydrogens is 297 g/mol. The van der Waals surface area contributed by atoms with Gasteiger partial charge in [-0.25, -0.2) is 4.39 Å². The maximum absolute atomic E-state index is 13.0. The maximum atomic E-state index is 13.0. The van der Waals surface area contributed by atoms with Crippen LogP contribution in [-0.4, -0.2) is 6.04 Å². The first-order valence-electron chi connectivity index (χ1n) is 5.93. The summed E-state index contributed by atoms with van der Waals surface area (Å²) < 4.78 is 19.4. The molecule has 0 radical (unpaired) electrons. The van der Waals surface area contributed by atoms with Crippen LogP contribution in [0.4, 0.5) is 4.39 Å². The molecule has 1 aromatic heterocycles. The average molecular weight is 310 g/mol. The fraction of sp³-hybridized carbons (Fsp3) is 0.286. The molecule has 0 bridgehead atoms. The highest BCUT2D eigenvalue weighted by atomic mass is 79.9. The van der Waals surface area contributed by atoms with Gasteiger partial charge in [0.25, 0.3) is 0 Å². The van der Waals surface area contributed by atoms with Crippen molar-refractivity contribution >= 4 is 15.9 Å². The van der Waals surface area contributed by atoms with Gasteiger partial charge in [-0.05, 0) is 46.6 Å². The van der Waals surface area contributed by atoms with Crippen LogP contribution in [-0.2, 0) is 6.42 Å². The highest BCUT2D eigenvalue weighted by molar-refractivity contribution is 9.10. The van der Waals surface area contributed by atoms with Crippen molar-refractivity contribution in [3.63, 3.8) is 0 Å². The van der Waals surface area contributed by atoms with Crippen LogP contribution < -0.4 is 5.32 Å². The van der Waals surface area contributed by atoms with E-state index in [0.29, 0.717) is 6.04 Å². The minimum atomic E-state index is -0.212. The van der Waals surface area contributed by atoms with Crippen LogP contribution in [0, 0.1) is 5.82 Å². The van der Waals surface area contributed by atoms with E-state index >= 15 is 0 Å². The third-order valence-corrected chi connectivity index (χ3v) is 3.66. The molecule has 3 rings (SSSR count). The summed E-state index contributed by atoms with van der Waals surface area (Å²) >= 11 is 3.37. The smallest absolute Gasteiger partial charge is 0.169 e. The fourth-order valence-corrected chi connectivity index (χ4v) is 2.90. The molecule has 0 fully saturated rings. The standard InChI is InChI=1S/C14H13BrFNO/c1-8-6-12-11(7-13(15)18-12)14(17-8)9-2-4-10(16)5-3-9/h2-5,7-8,14,17H,6H2,1H3/t8?,14-/m0/s1. The van der Waals surface area contributed by atoms with Crippen LogP contribution >= 0.6 is 15.9 Å². The van der Waals surface area contributed by atoms with Gasteiger partial charge < -0.3 is 9.73 Å². The molecule has 18 heavy (non-hydrogen) atoms. The Hall–Kier alpha value is -1.13. The largest absolute Gasteiger partial charge is 0.454 e. The second kappa shape index (κ2) is 4.52. The van der Waals surface area contributed by atoms with E-state index in [1.807, 2.05) is 18.2 Å². The third-order valence-electron chi connectivity index (χ3n) is 3.27. The van der Waals surface area contributed by atoms with E-state index in [0.717, 1.165) is 28.0 Å². The summed E-state index contributed by atoms with van der Waals surface area (Å²) in [6, 6.07) is 9.01. The van der Waals surface area contributed by atoms with Gasteiger partial charge in [0.2, 0.25) is 0 Å². The SMILES string of the molecule is CC1Cc2oc(Br)cc2[C@H](c2ccc(F)cc2)N1. The van der Waals surface area contributed by atoms with Gasteiger partial charge in [0, 0.05) is 18.0 Å². The molecule has 2 aromatic rings. The number of rotatable bonds is 1. The van der Waals surface area contributed by atoms with Crippen molar-refractivity contribution in [1.29, 1.82) is 0 Å². The molecular formula is C14H13BrFNO. The molecule has 4 heteroatoms. The Morgan fingerprint density at radius 2 is 2.06 bits per heavy atom. The van der Waals surface area contributed by atoms with Gasteiger partial charge in [-0.15, -0.1) is 0 Å². The van der Waals surface area contributed by atoms with Crippen molar-refractivity contribution in [2.75, 3.05) is 0 Å². The Morgan fingerprint density at radius 1 is 1.33 bits per heavy atom. The van der Waals surface area contributed by atoms with Gasteiger partial charge in [-0.2, -0.15) is 0 Å². The van der Waals surface area contributed by atoms with E-state index in [1.54, 1.807) is 0 Å². The first-order chi connectivity index (χ1) is 8.63. The molecule has 2 nitrogen and oxygen atoms in total. The second-order valence-corrected chi connectivity index (χ2v) is 5.47. The quantitative estimate of drug-likeness (QED) is 0.866. The molecule has 1 aromatic carbocycles. The lowest BCUT2D eigenvalue weighted by molar-refractivity contribution is 0.393. The number of halogens is 2. The van der Waals surface area contributed by atoms with Crippen LogP contribution in [0.1, 0.15) is 29.9 Å². The molecule has 0 aliphatic carbocycles. The van der Waals surface area contributed by atoms with Crippen LogP contribution in [0.3, 0.4) is 0 Å². The van der Waals surface area contributed by atoms with Crippen LogP contribution in [0.25, 0.3) is 0 Å². The maximum Gasteiger partial charge on any atom is 0.169 e. The van der Waals surface area contributed by atoms with Crippen molar-refractivity contribution < 1.29 is 8.81 Å². The van der Waals surface area contributed by atoms with E-state index in [2.05, 4.69) is 28.2 Å². The van der Waals surface area contributed by atoms with Gasteiger partial charge in [0.15, 0.2) is 4.67 Å². The van der Waals surface area contributed by atoms with Crippen molar-refractivity contribution in [3.05, 3.63) is 57.7 Å². The molecule has 1 aliphatic heterocycles. The summed E-state index contributed by atoms with van der Waals surface area (Å²) in [4.78, 5) is 0. The number of benzene rings is 1. The van der Waals surface area contributed by atoms with Crippen LogP contribution in [0.15, 0.2) is 39.4 Å². The van der Waals surface area contributed by atoms with E-state index in [4.69, 9.17) is 4.42 Å². The number of fused-ring (bicyclic) bond motifs is 1. The van der Waals surface area contributed by atoms with Crippen molar-refractivity contribution in [2.45, 2.75) is 25.4 Å². The van der Waals surface area contributed by atoms with E-state index in [1.165, 1.54) is 12.1 Å². The molecule has 1 N–H and O–H groups in total. The Bertz CT molecular complexity index is 564. The van der Waals surface area contributed by atoms with E-state index in [-0.39, 0.29) is 11.9 Å². The molecule has 0 saturated heterocycles. The number of furan rings is 1. The predicted molar refractivity (Wildman–Crippen MR) is 71.0 cm³/mol. The minimum Gasteiger partial charge on any atom is -0.454 e. The molecule has 0 spiro atoms. The van der Waals surface area contributed by atoms with Crippen molar-refractivity contribution in [1.82, 2.24) is 5.32 Å². The first-order valence-corrected chi connectivity index (χ1v) is 6.72. The number of nitrogens with one attached hydrogen (secondary N) is 1. The Balaban J connectivity index is 2.04. The topological polar surface area (TPSA) is 25.2 Å². The van der Waals surface area contributed by atoms with Crippen LogP contribution in [0.2, 0.25) is 0 Å². The normalized spacial score (nSPS) is 22.8. The van der Waals surface area contributed by atoms with Gasteiger partial charge in [-0.1, -0.05) is 12.1 Å². The lowest BCUT2D eigenvalue weighted by Crippen LogP contribution is -2.37. The number of hydrogen-bond donors (Lipinski definition) is 1.